The highest BCUT2D eigenvalue weighted by atomic mass is 16.8. The maximum Gasteiger partial charge on any atom is 0.330 e. The number of ether oxygens (including phenoxy) is 3. The Kier molecular flexibility index (Phi) is 3.36. The normalized spacial score (nSPS) is 32.1. The van der Waals surface area contributed by atoms with Crippen molar-refractivity contribution >= 4 is 5.97 Å². The number of benzene rings is 1. The first kappa shape index (κ1) is 13.3. The van der Waals surface area contributed by atoms with Gasteiger partial charge < -0.3 is 14.2 Å². The second-order valence-electron chi connectivity index (χ2n) is 5.54. The Morgan fingerprint density at radius 3 is 2.60 bits per heavy atom. The molecule has 1 fully saturated rings. The van der Waals surface area contributed by atoms with Gasteiger partial charge in [-0.05, 0) is 19.4 Å². The number of hydrogen-bond acceptors (Lipinski definition) is 4. The average molecular weight is 274 g/mol. The first-order chi connectivity index (χ1) is 9.55. The summed E-state index contributed by atoms with van der Waals surface area (Å²) < 4.78 is 17.4. The van der Waals surface area contributed by atoms with Crippen molar-refractivity contribution in [2.45, 2.75) is 44.4 Å². The first-order valence-electron chi connectivity index (χ1n) is 6.83. The van der Waals surface area contributed by atoms with Gasteiger partial charge in [-0.3, -0.25) is 0 Å². The summed E-state index contributed by atoms with van der Waals surface area (Å²) in [4.78, 5) is 11.4. The maximum absolute atomic E-state index is 11.4. The number of hydrogen-bond donors (Lipinski definition) is 0. The summed E-state index contributed by atoms with van der Waals surface area (Å²) in [5.41, 5.74) is 1.04. The zero-order valence-electron chi connectivity index (χ0n) is 11.6. The molecule has 0 unspecified atom stereocenters. The Balaban J connectivity index is 1.87. The van der Waals surface area contributed by atoms with E-state index in [1.807, 2.05) is 50.3 Å². The van der Waals surface area contributed by atoms with Crippen molar-refractivity contribution in [2.24, 2.45) is 0 Å². The lowest BCUT2D eigenvalue weighted by molar-refractivity contribution is -0.168. The van der Waals surface area contributed by atoms with Gasteiger partial charge in [0.05, 0.1) is 0 Å². The molecule has 0 spiro atoms. The van der Waals surface area contributed by atoms with Crippen LogP contribution in [-0.4, -0.2) is 24.0 Å². The molecule has 20 heavy (non-hydrogen) atoms. The van der Waals surface area contributed by atoms with E-state index in [0.29, 0.717) is 6.42 Å². The molecule has 106 valence electrons. The Morgan fingerprint density at radius 2 is 1.90 bits per heavy atom. The minimum atomic E-state index is -0.682. The third-order valence-corrected chi connectivity index (χ3v) is 3.51. The third-order valence-electron chi connectivity index (χ3n) is 3.51. The number of esters is 1. The van der Waals surface area contributed by atoms with E-state index >= 15 is 0 Å². The molecule has 0 amide bonds. The van der Waals surface area contributed by atoms with Crippen molar-refractivity contribution < 1.29 is 19.0 Å². The summed E-state index contributed by atoms with van der Waals surface area (Å²) in [6.45, 7) is 3.76. The van der Waals surface area contributed by atoms with Gasteiger partial charge in [0, 0.05) is 12.5 Å². The fraction of sp³-hybridized carbons (Fsp3) is 0.438. The van der Waals surface area contributed by atoms with E-state index in [0.717, 1.165) is 5.56 Å². The van der Waals surface area contributed by atoms with Crippen molar-refractivity contribution in [3.05, 3.63) is 48.0 Å². The van der Waals surface area contributed by atoms with E-state index in [-0.39, 0.29) is 24.3 Å². The first-order valence-corrected chi connectivity index (χ1v) is 6.83. The van der Waals surface area contributed by atoms with E-state index in [2.05, 4.69) is 0 Å². The zero-order valence-corrected chi connectivity index (χ0v) is 11.6. The van der Waals surface area contributed by atoms with Crippen molar-refractivity contribution in [3.8, 4) is 0 Å². The molecule has 1 aromatic rings. The predicted molar refractivity (Wildman–Crippen MR) is 72.9 cm³/mol. The highest BCUT2D eigenvalue weighted by molar-refractivity contribution is 5.82. The van der Waals surface area contributed by atoms with Gasteiger partial charge in [0.15, 0.2) is 5.79 Å². The van der Waals surface area contributed by atoms with Gasteiger partial charge in [0.2, 0.25) is 0 Å². The van der Waals surface area contributed by atoms with Crippen LogP contribution in [0.1, 0.15) is 31.9 Å². The summed E-state index contributed by atoms with van der Waals surface area (Å²) in [6.07, 6.45) is 3.11. The standard InChI is InChI=1S/C16H18O4/c1-16(2)19-14(11-7-4-3-5-8-11)15(20-16)12-9-6-10-13(17)18-12/h3-8,10,12,14-15H,9H2,1-2H3/t12-,14+,15-/m0/s1. The summed E-state index contributed by atoms with van der Waals surface area (Å²) in [7, 11) is 0. The minimum Gasteiger partial charge on any atom is -0.456 e. The van der Waals surface area contributed by atoms with Crippen LogP contribution in [-0.2, 0) is 19.0 Å². The van der Waals surface area contributed by atoms with Crippen molar-refractivity contribution in [1.29, 1.82) is 0 Å². The highest BCUT2D eigenvalue weighted by Crippen LogP contribution is 2.41. The quantitative estimate of drug-likeness (QED) is 0.778. The molecule has 1 aromatic carbocycles. The van der Waals surface area contributed by atoms with E-state index < -0.39 is 5.79 Å². The van der Waals surface area contributed by atoms with Crippen LogP contribution in [0.15, 0.2) is 42.5 Å². The summed E-state index contributed by atoms with van der Waals surface area (Å²) in [6, 6.07) is 9.90. The lowest BCUT2D eigenvalue weighted by Gasteiger charge is -2.27. The monoisotopic (exact) mass is 274 g/mol. The minimum absolute atomic E-state index is 0.226. The fourth-order valence-corrected chi connectivity index (χ4v) is 2.70. The lowest BCUT2D eigenvalue weighted by Crippen LogP contribution is -2.36. The van der Waals surface area contributed by atoms with Crippen molar-refractivity contribution in [3.63, 3.8) is 0 Å². The molecular weight excluding hydrogens is 256 g/mol. The van der Waals surface area contributed by atoms with E-state index in [9.17, 15) is 4.79 Å². The SMILES string of the molecule is CC1(C)O[C@@H]([C@@H]2CC=CC(=O)O2)[C@@H](c2ccccc2)O1. The fourth-order valence-electron chi connectivity index (χ4n) is 2.70. The summed E-state index contributed by atoms with van der Waals surface area (Å²) in [5.74, 6) is -1.000. The molecule has 1 saturated heterocycles. The highest BCUT2D eigenvalue weighted by Gasteiger charge is 2.47. The molecule has 2 aliphatic heterocycles. The zero-order chi connectivity index (χ0) is 14.2. The van der Waals surface area contributed by atoms with Gasteiger partial charge in [0.25, 0.3) is 0 Å². The van der Waals surface area contributed by atoms with E-state index in [4.69, 9.17) is 14.2 Å². The predicted octanol–water partition coefficient (Wildman–Crippen LogP) is 2.75. The second-order valence-corrected chi connectivity index (χ2v) is 5.54. The molecule has 3 rings (SSSR count). The van der Waals surface area contributed by atoms with Gasteiger partial charge in [0.1, 0.15) is 18.3 Å². The van der Waals surface area contributed by atoms with Gasteiger partial charge >= 0.3 is 5.97 Å². The molecule has 0 bridgehead atoms. The molecule has 2 heterocycles. The summed E-state index contributed by atoms with van der Waals surface area (Å²) in [5, 5.41) is 0. The van der Waals surface area contributed by atoms with Gasteiger partial charge in [-0.25, -0.2) is 4.79 Å². The van der Waals surface area contributed by atoms with E-state index in [1.165, 1.54) is 6.08 Å². The van der Waals surface area contributed by atoms with Crippen LogP contribution >= 0.6 is 0 Å². The van der Waals surface area contributed by atoms with Crippen molar-refractivity contribution in [2.75, 3.05) is 0 Å². The molecule has 0 aromatic heterocycles. The number of rotatable bonds is 2. The Labute approximate surface area is 118 Å². The Bertz CT molecular complexity index is 521. The van der Waals surface area contributed by atoms with Crippen LogP contribution < -0.4 is 0 Å². The molecule has 0 radical (unpaired) electrons. The van der Waals surface area contributed by atoms with Crippen LogP contribution in [0.5, 0.6) is 0 Å². The number of carbonyl (C=O) groups is 1. The average Bonchev–Trinajstić information content (AvgIpc) is 2.76. The molecule has 0 aliphatic carbocycles. The van der Waals surface area contributed by atoms with Crippen LogP contribution in [0.3, 0.4) is 0 Å². The Morgan fingerprint density at radius 1 is 1.15 bits per heavy atom. The molecular formula is C16H18O4. The number of cyclic esters (lactones) is 1. The molecule has 0 saturated carbocycles. The van der Waals surface area contributed by atoms with Gasteiger partial charge in [-0.1, -0.05) is 36.4 Å². The third kappa shape index (κ3) is 2.62. The largest absolute Gasteiger partial charge is 0.456 e. The molecule has 4 nitrogen and oxygen atoms in total. The second kappa shape index (κ2) is 5.04. The lowest BCUT2D eigenvalue weighted by atomic mass is 9.98. The van der Waals surface area contributed by atoms with Crippen LogP contribution in [0, 0.1) is 0 Å². The van der Waals surface area contributed by atoms with Crippen LogP contribution in [0.4, 0.5) is 0 Å². The smallest absolute Gasteiger partial charge is 0.330 e. The molecule has 3 atom stereocenters. The number of carbonyl (C=O) groups excluding carboxylic acids is 1. The Hall–Kier alpha value is -1.65. The van der Waals surface area contributed by atoms with Gasteiger partial charge in [-0.2, -0.15) is 0 Å². The van der Waals surface area contributed by atoms with Crippen LogP contribution in [0.2, 0.25) is 0 Å². The van der Waals surface area contributed by atoms with E-state index in [1.54, 1.807) is 0 Å². The van der Waals surface area contributed by atoms with Crippen molar-refractivity contribution in [1.82, 2.24) is 0 Å². The molecule has 2 aliphatic rings. The maximum atomic E-state index is 11.4. The summed E-state index contributed by atoms with van der Waals surface area (Å²) >= 11 is 0. The van der Waals surface area contributed by atoms with Crippen LogP contribution in [0.25, 0.3) is 0 Å². The topological polar surface area (TPSA) is 44.8 Å². The van der Waals surface area contributed by atoms with Gasteiger partial charge in [-0.15, -0.1) is 0 Å². The molecule has 0 N–H and O–H groups in total. The molecule has 4 heteroatoms.